The Bertz CT molecular complexity index is 576. The summed E-state index contributed by atoms with van der Waals surface area (Å²) in [7, 11) is 5.76. The molecule has 7 heteroatoms. The number of ether oxygens (including phenoxy) is 1. The fourth-order valence-electron chi connectivity index (χ4n) is 3.44. The van der Waals surface area contributed by atoms with Crippen molar-refractivity contribution >= 4 is 11.8 Å². The minimum atomic E-state index is 0.183. The van der Waals surface area contributed by atoms with Gasteiger partial charge in [0.25, 0.3) is 0 Å². The van der Waals surface area contributed by atoms with Crippen molar-refractivity contribution in [3.05, 3.63) is 11.3 Å². The average molecular weight is 334 g/mol. The predicted molar refractivity (Wildman–Crippen MR) is 96.7 cm³/mol. The Morgan fingerprint density at radius 3 is 2.75 bits per heavy atom. The lowest BCUT2D eigenvalue weighted by Gasteiger charge is -2.26. The summed E-state index contributed by atoms with van der Waals surface area (Å²) in [6.45, 7) is 8.19. The lowest BCUT2D eigenvalue weighted by molar-refractivity contribution is 0.0982. The molecule has 1 aromatic rings. The molecule has 134 valence electrons. The third-order valence-electron chi connectivity index (χ3n) is 4.97. The second-order valence-corrected chi connectivity index (χ2v) is 7.19. The first-order valence-electron chi connectivity index (χ1n) is 8.80. The fraction of sp³-hybridized carbons (Fsp3) is 0.765. The van der Waals surface area contributed by atoms with E-state index in [0.29, 0.717) is 6.04 Å². The number of nitrogens with one attached hydrogen (secondary N) is 2. The zero-order valence-corrected chi connectivity index (χ0v) is 15.5. The molecule has 1 saturated heterocycles. The molecule has 2 aliphatic rings. The highest BCUT2D eigenvalue weighted by atomic mass is 16.5. The van der Waals surface area contributed by atoms with Gasteiger partial charge < -0.3 is 20.3 Å². The third-order valence-corrected chi connectivity index (χ3v) is 4.97. The fourth-order valence-corrected chi connectivity index (χ4v) is 3.44. The van der Waals surface area contributed by atoms with Crippen LogP contribution >= 0.6 is 0 Å². The molecule has 0 bridgehead atoms. The highest BCUT2D eigenvalue weighted by Crippen LogP contribution is 2.26. The summed E-state index contributed by atoms with van der Waals surface area (Å²) in [6.07, 6.45) is 1.14. The second-order valence-electron chi connectivity index (χ2n) is 7.19. The number of likely N-dealkylation sites (tertiary alicyclic amines) is 1. The lowest BCUT2D eigenvalue weighted by atomic mass is 10.1. The molecule has 2 atom stereocenters. The van der Waals surface area contributed by atoms with Crippen molar-refractivity contribution in [2.45, 2.75) is 45.0 Å². The number of anilines is 2. The molecule has 0 saturated carbocycles. The third kappa shape index (κ3) is 3.48. The summed E-state index contributed by atoms with van der Waals surface area (Å²) in [4.78, 5) is 13.9. The Balaban J connectivity index is 1.87. The maximum absolute atomic E-state index is 5.73. The van der Waals surface area contributed by atoms with Crippen LogP contribution < -0.4 is 15.5 Å². The molecule has 1 fully saturated rings. The number of methoxy groups -OCH3 is 1. The Morgan fingerprint density at radius 2 is 2.08 bits per heavy atom. The number of fused-ring (bicyclic) bond motifs is 1. The first-order chi connectivity index (χ1) is 11.5. The van der Waals surface area contributed by atoms with Crippen LogP contribution in [-0.2, 0) is 17.7 Å². The van der Waals surface area contributed by atoms with E-state index >= 15 is 0 Å². The van der Waals surface area contributed by atoms with Crippen molar-refractivity contribution in [1.29, 1.82) is 0 Å². The van der Waals surface area contributed by atoms with E-state index in [1.807, 2.05) is 19.0 Å². The van der Waals surface area contributed by atoms with E-state index in [1.54, 1.807) is 7.11 Å². The smallest absolute Gasteiger partial charge is 0.227 e. The van der Waals surface area contributed by atoms with E-state index in [-0.39, 0.29) is 12.1 Å². The van der Waals surface area contributed by atoms with Crippen LogP contribution in [0.25, 0.3) is 0 Å². The van der Waals surface area contributed by atoms with Crippen LogP contribution in [0.4, 0.5) is 11.8 Å². The Hall–Kier alpha value is -1.44. The van der Waals surface area contributed by atoms with Gasteiger partial charge in [0.2, 0.25) is 5.95 Å². The molecule has 0 radical (unpaired) electrons. The van der Waals surface area contributed by atoms with Gasteiger partial charge in [-0.1, -0.05) is 0 Å². The summed E-state index contributed by atoms with van der Waals surface area (Å²) in [5.74, 6) is 1.73. The SMILES string of the molecule is CO[C@H]1CN(C(C)C)C[C@@H]1Nc1nc(N(C)C)nc2c1CCNC2. The quantitative estimate of drug-likeness (QED) is 0.822. The molecule has 0 unspecified atom stereocenters. The largest absolute Gasteiger partial charge is 0.378 e. The van der Waals surface area contributed by atoms with Gasteiger partial charge in [0.1, 0.15) is 5.82 Å². The number of hydrogen-bond acceptors (Lipinski definition) is 7. The summed E-state index contributed by atoms with van der Waals surface area (Å²) in [5.41, 5.74) is 2.35. The van der Waals surface area contributed by atoms with Gasteiger partial charge in [0.05, 0.1) is 17.8 Å². The molecule has 2 N–H and O–H groups in total. The predicted octanol–water partition coefficient (Wildman–Crippen LogP) is 0.708. The highest BCUT2D eigenvalue weighted by molar-refractivity contribution is 5.53. The van der Waals surface area contributed by atoms with Gasteiger partial charge in [-0.05, 0) is 26.8 Å². The first-order valence-corrected chi connectivity index (χ1v) is 8.80. The standard InChI is InChI=1S/C17H30N6O/c1-11(2)23-9-14(15(10-23)24-5)19-16-12-6-7-18-8-13(12)20-17(21-16)22(3)4/h11,14-15,18H,6-10H2,1-5H3,(H,19,20,21)/t14-,15-/m0/s1. The zero-order valence-electron chi connectivity index (χ0n) is 15.5. The molecule has 0 spiro atoms. The van der Waals surface area contributed by atoms with Crippen molar-refractivity contribution in [2.75, 3.05) is 51.1 Å². The number of hydrogen-bond donors (Lipinski definition) is 2. The van der Waals surface area contributed by atoms with E-state index in [2.05, 4.69) is 29.4 Å². The molecule has 0 amide bonds. The molecule has 24 heavy (non-hydrogen) atoms. The molecule has 3 rings (SSSR count). The van der Waals surface area contributed by atoms with Crippen molar-refractivity contribution in [3.63, 3.8) is 0 Å². The summed E-state index contributed by atoms with van der Waals surface area (Å²) in [5, 5.41) is 7.08. The number of aromatic nitrogens is 2. The van der Waals surface area contributed by atoms with Crippen LogP contribution in [0.2, 0.25) is 0 Å². The van der Waals surface area contributed by atoms with E-state index in [9.17, 15) is 0 Å². The average Bonchev–Trinajstić information content (AvgIpc) is 2.98. The molecule has 1 aromatic heterocycles. The van der Waals surface area contributed by atoms with Crippen molar-refractivity contribution in [3.8, 4) is 0 Å². The first kappa shape index (κ1) is 17.4. The normalized spacial score (nSPS) is 24.2. The highest BCUT2D eigenvalue weighted by Gasteiger charge is 2.35. The van der Waals surface area contributed by atoms with Gasteiger partial charge >= 0.3 is 0 Å². The van der Waals surface area contributed by atoms with Crippen LogP contribution in [0.1, 0.15) is 25.1 Å². The molecule has 7 nitrogen and oxygen atoms in total. The van der Waals surface area contributed by atoms with Crippen LogP contribution in [0.5, 0.6) is 0 Å². The molecular formula is C17H30N6O. The van der Waals surface area contributed by atoms with E-state index in [0.717, 1.165) is 50.1 Å². The Kier molecular flexibility index (Phi) is 5.22. The summed E-state index contributed by atoms with van der Waals surface area (Å²) in [6, 6.07) is 0.775. The molecule has 3 heterocycles. The van der Waals surface area contributed by atoms with Crippen molar-refractivity contribution < 1.29 is 4.74 Å². The van der Waals surface area contributed by atoms with Crippen LogP contribution in [0.15, 0.2) is 0 Å². The molecule has 0 aromatic carbocycles. The monoisotopic (exact) mass is 334 g/mol. The van der Waals surface area contributed by atoms with E-state index < -0.39 is 0 Å². The van der Waals surface area contributed by atoms with Crippen LogP contribution in [0.3, 0.4) is 0 Å². The van der Waals surface area contributed by atoms with Crippen molar-refractivity contribution in [1.82, 2.24) is 20.2 Å². The topological polar surface area (TPSA) is 65.5 Å². The van der Waals surface area contributed by atoms with Crippen LogP contribution in [-0.4, -0.2) is 73.9 Å². The van der Waals surface area contributed by atoms with Gasteiger partial charge in [0, 0.05) is 52.4 Å². The molecule has 0 aliphatic carbocycles. The van der Waals surface area contributed by atoms with Gasteiger partial charge in [-0.2, -0.15) is 4.98 Å². The molecule has 2 aliphatic heterocycles. The van der Waals surface area contributed by atoms with Gasteiger partial charge in [-0.25, -0.2) is 4.98 Å². The summed E-state index contributed by atoms with van der Waals surface area (Å²) >= 11 is 0. The zero-order chi connectivity index (χ0) is 17.3. The van der Waals surface area contributed by atoms with Gasteiger partial charge in [-0.3, -0.25) is 4.90 Å². The maximum Gasteiger partial charge on any atom is 0.227 e. The molecular weight excluding hydrogens is 304 g/mol. The van der Waals surface area contributed by atoms with Gasteiger partial charge in [-0.15, -0.1) is 0 Å². The number of nitrogens with zero attached hydrogens (tertiary/aromatic N) is 4. The minimum Gasteiger partial charge on any atom is -0.378 e. The minimum absolute atomic E-state index is 0.183. The Labute approximate surface area is 144 Å². The maximum atomic E-state index is 5.73. The Morgan fingerprint density at radius 1 is 1.29 bits per heavy atom. The summed E-state index contributed by atoms with van der Waals surface area (Å²) < 4.78 is 5.73. The van der Waals surface area contributed by atoms with Crippen molar-refractivity contribution in [2.24, 2.45) is 0 Å². The van der Waals surface area contributed by atoms with Gasteiger partial charge in [0.15, 0.2) is 0 Å². The lowest BCUT2D eigenvalue weighted by Crippen LogP contribution is -2.36. The van der Waals surface area contributed by atoms with E-state index in [1.165, 1.54) is 5.56 Å². The number of rotatable bonds is 5. The van der Waals surface area contributed by atoms with Crippen LogP contribution in [0, 0.1) is 0 Å². The van der Waals surface area contributed by atoms with E-state index in [4.69, 9.17) is 14.7 Å². The second kappa shape index (κ2) is 7.21.